The van der Waals surface area contributed by atoms with Crippen LogP contribution in [0.5, 0.6) is 5.75 Å². The summed E-state index contributed by atoms with van der Waals surface area (Å²) in [7, 11) is 1.58. The van der Waals surface area contributed by atoms with E-state index in [-0.39, 0.29) is 12.2 Å². The summed E-state index contributed by atoms with van der Waals surface area (Å²) in [5.74, 6) is 0.0736. The van der Waals surface area contributed by atoms with Gasteiger partial charge in [0.2, 0.25) is 0 Å². The maximum atomic E-state index is 11.9. The molecule has 4 heteroatoms. The maximum absolute atomic E-state index is 11.9. The van der Waals surface area contributed by atoms with E-state index in [9.17, 15) is 4.79 Å². The van der Waals surface area contributed by atoms with E-state index in [1.165, 1.54) is 6.08 Å². The predicted molar refractivity (Wildman–Crippen MR) is 82.8 cm³/mol. The van der Waals surface area contributed by atoms with E-state index in [4.69, 9.17) is 14.7 Å². The van der Waals surface area contributed by atoms with Crippen molar-refractivity contribution in [1.82, 2.24) is 0 Å². The molecule has 0 aromatic heterocycles. The van der Waals surface area contributed by atoms with Crippen LogP contribution in [0.1, 0.15) is 11.1 Å². The minimum atomic E-state index is -0.637. The van der Waals surface area contributed by atoms with Crippen LogP contribution in [0, 0.1) is 11.3 Å². The third-order valence-electron chi connectivity index (χ3n) is 2.98. The highest BCUT2D eigenvalue weighted by atomic mass is 16.5. The molecule has 0 saturated carbocycles. The van der Waals surface area contributed by atoms with Crippen LogP contribution in [0.2, 0.25) is 0 Å². The Hall–Kier alpha value is -3.06. The van der Waals surface area contributed by atoms with Gasteiger partial charge in [0.15, 0.2) is 0 Å². The first kappa shape index (κ1) is 15.3. The standard InChI is InChI=1S/C18H15NO3/c1-21-17-9-7-14(8-10-17)11-16(12-19)18(20)22-13-15-5-3-2-4-6-15/h2-11H,13H2,1H3/b16-11-. The number of hydrogen-bond donors (Lipinski definition) is 0. The zero-order chi connectivity index (χ0) is 15.8. The van der Waals surface area contributed by atoms with Gasteiger partial charge in [-0.05, 0) is 29.3 Å². The van der Waals surface area contributed by atoms with Crippen molar-refractivity contribution in [3.05, 3.63) is 71.3 Å². The third kappa shape index (κ3) is 4.22. The number of carbonyl (C=O) groups excluding carboxylic acids is 1. The Morgan fingerprint density at radius 3 is 2.41 bits per heavy atom. The minimum absolute atomic E-state index is 0.0407. The summed E-state index contributed by atoms with van der Waals surface area (Å²) in [6.45, 7) is 0.140. The van der Waals surface area contributed by atoms with E-state index in [1.807, 2.05) is 36.4 Å². The van der Waals surface area contributed by atoms with Gasteiger partial charge in [0.25, 0.3) is 0 Å². The molecule has 22 heavy (non-hydrogen) atoms. The van der Waals surface area contributed by atoms with E-state index in [0.29, 0.717) is 5.75 Å². The Balaban J connectivity index is 2.04. The average molecular weight is 293 g/mol. The molecule has 0 spiro atoms. The highest BCUT2D eigenvalue weighted by Crippen LogP contribution is 2.14. The van der Waals surface area contributed by atoms with Gasteiger partial charge in [0.05, 0.1) is 7.11 Å². The molecule has 2 rings (SSSR count). The van der Waals surface area contributed by atoms with Gasteiger partial charge in [-0.3, -0.25) is 0 Å². The molecular formula is C18H15NO3. The first-order chi connectivity index (χ1) is 10.7. The van der Waals surface area contributed by atoms with E-state index in [0.717, 1.165) is 11.1 Å². The van der Waals surface area contributed by atoms with Crippen LogP contribution in [-0.2, 0) is 16.1 Å². The number of ether oxygens (including phenoxy) is 2. The van der Waals surface area contributed by atoms with Crippen LogP contribution in [-0.4, -0.2) is 13.1 Å². The van der Waals surface area contributed by atoms with Gasteiger partial charge in [-0.25, -0.2) is 4.79 Å². The molecule has 0 bridgehead atoms. The Labute approximate surface area is 129 Å². The third-order valence-corrected chi connectivity index (χ3v) is 2.98. The predicted octanol–water partition coefficient (Wildman–Crippen LogP) is 3.35. The second-order valence-electron chi connectivity index (χ2n) is 4.50. The van der Waals surface area contributed by atoms with Gasteiger partial charge in [-0.15, -0.1) is 0 Å². The average Bonchev–Trinajstić information content (AvgIpc) is 2.59. The largest absolute Gasteiger partial charge is 0.497 e. The molecule has 2 aromatic carbocycles. The van der Waals surface area contributed by atoms with Crippen molar-refractivity contribution in [3.8, 4) is 11.8 Å². The molecule has 0 heterocycles. The maximum Gasteiger partial charge on any atom is 0.349 e. The number of nitrogens with zero attached hydrogens (tertiary/aromatic N) is 1. The lowest BCUT2D eigenvalue weighted by Gasteiger charge is -2.04. The van der Waals surface area contributed by atoms with Gasteiger partial charge in [0.1, 0.15) is 24.0 Å². The molecule has 110 valence electrons. The molecule has 0 amide bonds. The second kappa shape index (κ2) is 7.65. The quantitative estimate of drug-likeness (QED) is 0.482. The van der Waals surface area contributed by atoms with E-state index in [2.05, 4.69) is 0 Å². The zero-order valence-electron chi connectivity index (χ0n) is 12.2. The second-order valence-corrected chi connectivity index (χ2v) is 4.50. The molecule has 0 N–H and O–H groups in total. The Kier molecular flexibility index (Phi) is 5.33. The SMILES string of the molecule is COc1ccc(/C=C(/C#N)C(=O)OCc2ccccc2)cc1. The minimum Gasteiger partial charge on any atom is -0.497 e. The van der Waals surface area contributed by atoms with E-state index in [1.54, 1.807) is 31.4 Å². The lowest BCUT2D eigenvalue weighted by atomic mass is 10.1. The molecule has 2 aromatic rings. The van der Waals surface area contributed by atoms with Crippen molar-refractivity contribution < 1.29 is 14.3 Å². The van der Waals surface area contributed by atoms with E-state index < -0.39 is 5.97 Å². The Morgan fingerprint density at radius 2 is 1.82 bits per heavy atom. The fourth-order valence-electron chi connectivity index (χ4n) is 1.80. The summed E-state index contributed by atoms with van der Waals surface area (Å²) in [4.78, 5) is 11.9. The van der Waals surface area contributed by atoms with Crippen LogP contribution >= 0.6 is 0 Å². The summed E-state index contributed by atoms with van der Waals surface area (Å²) in [6.07, 6.45) is 1.49. The van der Waals surface area contributed by atoms with Crippen LogP contribution < -0.4 is 4.74 Å². The van der Waals surface area contributed by atoms with Crippen molar-refractivity contribution in [2.75, 3.05) is 7.11 Å². The molecule has 0 fully saturated rings. The lowest BCUT2D eigenvalue weighted by molar-refractivity contribution is -0.139. The number of esters is 1. The van der Waals surface area contributed by atoms with Crippen LogP contribution in [0.25, 0.3) is 6.08 Å². The highest BCUT2D eigenvalue weighted by molar-refractivity contribution is 5.97. The zero-order valence-corrected chi connectivity index (χ0v) is 12.2. The number of rotatable bonds is 5. The van der Waals surface area contributed by atoms with Crippen molar-refractivity contribution >= 4 is 12.0 Å². The van der Waals surface area contributed by atoms with Gasteiger partial charge < -0.3 is 9.47 Å². The fraction of sp³-hybridized carbons (Fsp3) is 0.111. The Morgan fingerprint density at radius 1 is 1.14 bits per heavy atom. The summed E-state index contributed by atoms with van der Waals surface area (Å²) >= 11 is 0. The fourth-order valence-corrected chi connectivity index (χ4v) is 1.80. The first-order valence-electron chi connectivity index (χ1n) is 6.70. The van der Waals surface area contributed by atoms with Crippen molar-refractivity contribution in [3.63, 3.8) is 0 Å². The molecular weight excluding hydrogens is 278 g/mol. The van der Waals surface area contributed by atoms with Gasteiger partial charge in [-0.1, -0.05) is 42.5 Å². The van der Waals surface area contributed by atoms with Crippen molar-refractivity contribution in [1.29, 1.82) is 5.26 Å². The monoisotopic (exact) mass is 293 g/mol. The van der Waals surface area contributed by atoms with Crippen LogP contribution in [0.15, 0.2) is 60.2 Å². The molecule has 0 aliphatic carbocycles. The first-order valence-corrected chi connectivity index (χ1v) is 6.70. The molecule has 0 aliphatic rings. The summed E-state index contributed by atoms with van der Waals surface area (Å²) in [5.41, 5.74) is 1.56. The summed E-state index contributed by atoms with van der Waals surface area (Å²) in [6, 6.07) is 18.2. The lowest BCUT2D eigenvalue weighted by Crippen LogP contribution is -2.06. The summed E-state index contributed by atoms with van der Waals surface area (Å²) in [5, 5.41) is 9.11. The molecule has 4 nitrogen and oxygen atoms in total. The molecule has 0 radical (unpaired) electrons. The summed E-state index contributed by atoms with van der Waals surface area (Å²) < 4.78 is 10.2. The number of benzene rings is 2. The molecule has 0 saturated heterocycles. The van der Waals surface area contributed by atoms with Crippen molar-refractivity contribution in [2.45, 2.75) is 6.61 Å². The highest BCUT2D eigenvalue weighted by Gasteiger charge is 2.10. The molecule has 0 atom stereocenters. The number of hydrogen-bond acceptors (Lipinski definition) is 4. The van der Waals surface area contributed by atoms with Gasteiger partial charge >= 0.3 is 5.97 Å². The van der Waals surface area contributed by atoms with Crippen LogP contribution in [0.3, 0.4) is 0 Å². The number of methoxy groups -OCH3 is 1. The number of nitriles is 1. The smallest absolute Gasteiger partial charge is 0.349 e. The van der Waals surface area contributed by atoms with Gasteiger partial charge in [-0.2, -0.15) is 5.26 Å². The number of carbonyl (C=O) groups is 1. The molecule has 0 unspecified atom stereocenters. The van der Waals surface area contributed by atoms with Gasteiger partial charge in [0, 0.05) is 0 Å². The Bertz CT molecular complexity index is 697. The topological polar surface area (TPSA) is 59.3 Å². The van der Waals surface area contributed by atoms with Crippen molar-refractivity contribution in [2.24, 2.45) is 0 Å². The van der Waals surface area contributed by atoms with E-state index >= 15 is 0 Å². The van der Waals surface area contributed by atoms with Crippen LogP contribution in [0.4, 0.5) is 0 Å². The molecule has 0 aliphatic heterocycles. The normalized spacial score (nSPS) is 10.6.